The number of methoxy groups -OCH3 is 1. The van der Waals surface area contributed by atoms with Gasteiger partial charge < -0.3 is 25.7 Å². The van der Waals surface area contributed by atoms with Crippen LogP contribution >= 0.6 is 0 Å². The molecule has 1 aromatic heterocycles. The molecule has 0 aliphatic heterocycles. The van der Waals surface area contributed by atoms with Gasteiger partial charge >= 0.3 is 5.97 Å². The minimum absolute atomic E-state index is 0.0109. The van der Waals surface area contributed by atoms with Gasteiger partial charge in [-0.3, -0.25) is 10.2 Å². The number of amidine groups is 1. The number of benzene rings is 3. The standard InChI is InChI=1S/C36H37F2N5O3/c1-6-22(2)33(43-34(39)25-10-7-11-27(16-25)36(4,37)38)24-9-8-12-28(17-24)42-29-13-14-31(32(19-29)41-21-44)23(3)15-30-18-26(20-40-30)35(45)46-5/h7-21,40,42H,6H2,1-5H3,(H2,39,43)(H,41,44)/b23-15+,33-22+. The summed E-state index contributed by atoms with van der Waals surface area (Å²) in [6.45, 7) is 6.71. The fourth-order valence-corrected chi connectivity index (χ4v) is 4.86. The van der Waals surface area contributed by atoms with E-state index in [1.165, 1.54) is 25.3 Å². The van der Waals surface area contributed by atoms with Crippen LogP contribution in [-0.2, 0) is 15.5 Å². The number of carbonyl (C=O) groups excluding carboxylic acids is 2. The molecule has 238 valence electrons. The average Bonchev–Trinajstić information content (AvgIpc) is 3.51. The second kappa shape index (κ2) is 14.5. The smallest absolute Gasteiger partial charge is 0.339 e. The Morgan fingerprint density at radius 2 is 1.70 bits per heavy atom. The monoisotopic (exact) mass is 625 g/mol. The lowest BCUT2D eigenvalue weighted by molar-refractivity contribution is -0.105. The Kier molecular flexibility index (Phi) is 10.5. The summed E-state index contributed by atoms with van der Waals surface area (Å²) in [5, 5.41) is 18.0. The molecular weight excluding hydrogens is 588 g/mol. The van der Waals surface area contributed by atoms with E-state index in [0.29, 0.717) is 41.0 Å². The van der Waals surface area contributed by atoms with E-state index in [4.69, 9.17) is 10.1 Å². The molecule has 0 saturated carbocycles. The molecule has 0 fully saturated rings. The molecule has 8 nitrogen and oxygen atoms in total. The van der Waals surface area contributed by atoms with E-state index in [2.05, 4.69) is 20.9 Å². The zero-order valence-electron chi connectivity index (χ0n) is 26.3. The predicted octanol–water partition coefficient (Wildman–Crippen LogP) is 8.54. The van der Waals surface area contributed by atoms with Crippen molar-refractivity contribution in [1.29, 1.82) is 5.41 Å². The third kappa shape index (κ3) is 8.15. The van der Waals surface area contributed by atoms with Gasteiger partial charge in [0.1, 0.15) is 5.84 Å². The van der Waals surface area contributed by atoms with Crippen LogP contribution in [-0.4, -0.2) is 30.3 Å². The van der Waals surface area contributed by atoms with Gasteiger partial charge in [-0.05, 0) is 79.5 Å². The molecule has 5 N–H and O–H groups in total. The highest BCUT2D eigenvalue weighted by Gasteiger charge is 2.24. The van der Waals surface area contributed by atoms with Crippen LogP contribution in [0.2, 0.25) is 0 Å². The first kappa shape index (κ1) is 33.4. The maximum absolute atomic E-state index is 13.9. The zero-order chi connectivity index (χ0) is 33.4. The summed E-state index contributed by atoms with van der Waals surface area (Å²) in [7, 11) is 1.32. The minimum Gasteiger partial charge on any atom is -0.465 e. The second-order valence-corrected chi connectivity index (χ2v) is 10.9. The number of carbonyl (C=O) groups is 2. The molecule has 10 heteroatoms. The van der Waals surface area contributed by atoms with Gasteiger partial charge in [0.05, 0.1) is 18.4 Å². The number of amides is 1. The normalized spacial score (nSPS) is 12.2. The first-order valence-electron chi connectivity index (χ1n) is 14.6. The minimum atomic E-state index is -3.01. The van der Waals surface area contributed by atoms with Gasteiger partial charge in [-0.15, -0.1) is 0 Å². The summed E-state index contributed by atoms with van der Waals surface area (Å²) in [5.74, 6) is -3.44. The third-order valence-corrected chi connectivity index (χ3v) is 7.46. The Labute approximate surface area is 267 Å². The Morgan fingerprint density at radius 1 is 0.978 bits per heavy atom. The van der Waals surface area contributed by atoms with E-state index < -0.39 is 11.9 Å². The zero-order valence-corrected chi connectivity index (χ0v) is 26.3. The molecule has 0 saturated heterocycles. The van der Waals surface area contributed by atoms with Crippen LogP contribution in [0.4, 0.5) is 25.8 Å². The Hall–Kier alpha value is -5.51. The molecule has 4 aromatic rings. The highest BCUT2D eigenvalue weighted by atomic mass is 19.3. The van der Waals surface area contributed by atoms with Crippen molar-refractivity contribution in [3.63, 3.8) is 0 Å². The quantitative estimate of drug-likeness (QED) is 0.0468. The number of hydrogen-bond acceptors (Lipinski definition) is 5. The molecule has 1 amide bonds. The highest BCUT2D eigenvalue weighted by molar-refractivity contribution is 6.02. The summed E-state index contributed by atoms with van der Waals surface area (Å²) < 4.78 is 32.6. The Bertz CT molecular complexity index is 1820. The molecule has 3 aromatic carbocycles. The largest absolute Gasteiger partial charge is 0.465 e. The molecule has 0 atom stereocenters. The van der Waals surface area contributed by atoms with Crippen LogP contribution < -0.4 is 16.0 Å². The summed E-state index contributed by atoms with van der Waals surface area (Å²) in [5.41, 5.74) is 7.54. The number of hydrogen-bond donors (Lipinski definition) is 5. The molecule has 1 heterocycles. The molecule has 0 spiro atoms. The van der Waals surface area contributed by atoms with Gasteiger partial charge in [-0.1, -0.05) is 43.3 Å². The lowest BCUT2D eigenvalue weighted by Gasteiger charge is -2.18. The van der Waals surface area contributed by atoms with Crippen LogP contribution in [0.3, 0.4) is 0 Å². The van der Waals surface area contributed by atoms with Gasteiger partial charge in [-0.2, -0.15) is 0 Å². The summed E-state index contributed by atoms with van der Waals surface area (Å²) in [6, 6.07) is 20.7. The first-order valence-corrected chi connectivity index (χ1v) is 14.6. The van der Waals surface area contributed by atoms with Crippen molar-refractivity contribution in [3.8, 4) is 0 Å². The average molecular weight is 626 g/mol. The van der Waals surface area contributed by atoms with Crippen molar-refractivity contribution in [2.45, 2.75) is 40.0 Å². The van der Waals surface area contributed by atoms with E-state index >= 15 is 0 Å². The number of allylic oxidation sites excluding steroid dienone is 2. The molecular formula is C36H37F2N5O3. The molecule has 0 unspecified atom stereocenters. The summed E-state index contributed by atoms with van der Waals surface area (Å²) >= 11 is 0. The highest BCUT2D eigenvalue weighted by Crippen LogP contribution is 2.31. The number of aromatic nitrogens is 1. The lowest BCUT2D eigenvalue weighted by Crippen LogP contribution is -2.23. The number of alkyl halides is 2. The number of aromatic amines is 1. The molecule has 46 heavy (non-hydrogen) atoms. The summed E-state index contributed by atoms with van der Waals surface area (Å²) in [4.78, 5) is 26.3. The van der Waals surface area contributed by atoms with Gasteiger partial charge in [0, 0.05) is 52.6 Å². The van der Waals surface area contributed by atoms with Gasteiger partial charge in [-0.25, -0.2) is 13.6 Å². The van der Waals surface area contributed by atoms with E-state index in [0.717, 1.165) is 40.6 Å². The van der Waals surface area contributed by atoms with Crippen molar-refractivity contribution in [3.05, 3.63) is 118 Å². The maximum Gasteiger partial charge on any atom is 0.339 e. The van der Waals surface area contributed by atoms with Crippen molar-refractivity contribution in [2.75, 3.05) is 17.7 Å². The van der Waals surface area contributed by atoms with Crippen LogP contribution in [0, 0.1) is 5.41 Å². The molecule has 0 aliphatic carbocycles. The van der Waals surface area contributed by atoms with Gasteiger partial charge in [0.25, 0.3) is 5.92 Å². The van der Waals surface area contributed by atoms with Crippen LogP contribution in [0.5, 0.6) is 0 Å². The first-order chi connectivity index (χ1) is 21.9. The number of H-pyrrole nitrogens is 1. The predicted molar refractivity (Wildman–Crippen MR) is 180 cm³/mol. The summed E-state index contributed by atoms with van der Waals surface area (Å²) in [6.07, 6.45) is 4.76. The van der Waals surface area contributed by atoms with E-state index in [9.17, 15) is 18.4 Å². The fourth-order valence-electron chi connectivity index (χ4n) is 4.86. The lowest BCUT2D eigenvalue weighted by atomic mass is 10.0. The number of ether oxygens (including phenoxy) is 1. The number of halogens is 2. The van der Waals surface area contributed by atoms with Gasteiger partial charge in [0.2, 0.25) is 6.41 Å². The molecule has 4 rings (SSSR count). The molecule has 0 radical (unpaired) electrons. The second-order valence-electron chi connectivity index (χ2n) is 10.9. The third-order valence-electron chi connectivity index (χ3n) is 7.46. The van der Waals surface area contributed by atoms with Crippen LogP contribution in [0.25, 0.3) is 17.3 Å². The van der Waals surface area contributed by atoms with Crippen molar-refractivity contribution < 1.29 is 23.1 Å². The fraction of sp³-hybridized carbons (Fsp3) is 0.194. The Morgan fingerprint density at radius 3 is 2.39 bits per heavy atom. The van der Waals surface area contributed by atoms with Crippen LogP contribution in [0.1, 0.15) is 72.4 Å². The van der Waals surface area contributed by atoms with Crippen LogP contribution in [0.15, 0.2) is 84.6 Å². The van der Waals surface area contributed by atoms with Crippen molar-refractivity contribution in [1.82, 2.24) is 10.3 Å². The molecule has 0 bridgehead atoms. The van der Waals surface area contributed by atoms with E-state index in [1.54, 1.807) is 18.3 Å². The number of nitrogens with one attached hydrogen (secondary N) is 5. The Balaban J connectivity index is 1.59. The van der Waals surface area contributed by atoms with E-state index in [-0.39, 0.29) is 11.4 Å². The van der Waals surface area contributed by atoms with E-state index in [1.807, 2.05) is 69.3 Å². The number of rotatable bonds is 12. The van der Waals surface area contributed by atoms with Crippen molar-refractivity contribution >= 4 is 52.6 Å². The molecule has 0 aliphatic rings. The number of esters is 1. The number of anilines is 3. The van der Waals surface area contributed by atoms with Gasteiger partial charge in [0.15, 0.2) is 0 Å². The SMILES string of the molecule is CC/C(C)=C(/NC(=N)c1cccc(C(C)(F)F)c1)c1cccc(Nc2ccc(/C(C)=C/c3cc(C(=O)OC)c[nH]3)c(NC=O)c2)c1. The maximum atomic E-state index is 13.9. The topological polar surface area (TPSA) is 119 Å². The van der Waals surface area contributed by atoms with Crippen molar-refractivity contribution in [2.24, 2.45) is 0 Å².